The number of benzene rings is 1. The van der Waals surface area contributed by atoms with E-state index in [0.29, 0.717) is 17.9 Å². The van der Waals surface area contributed by atoms with Crippen molar-refractivity contribution in [2.75, 3.05) is 6.54 Å². The molecule has 1 aliphatic rings. The molecule has 0 bridgehead atoms. The lowest BCUT2D eigenvalue weighted by Crippen LogP contribution is -2.44. The number of rotatable bonds is 5. The van der Waals surface area contributed by atoms with E-state index in [0.717, 1.165) is 24.8 Å². The second-order valence-electron chi connectivity index (χ2n) is 5.46. The first kappa shape index (κ1) is 16.0. The molecule has 1 aliphatic heterocycles. The summed E-state index contributed by atoms with van der Waals surface area (Å²) in [4.78, 5) is 11.1. The molecule has 0 saturated carbocycles. The molecule has 0 radical (unpaired) electrons. The standard InChI is InChI=1S/C15H21NO4S/c1-12-6-2-3-8-14(12)21(19,20)16-11-5-4-7-13(16)9-10-15(17)18/h2-3,6,8,13H,4-5,7,9-11H2,1H3,(H,17,18). The van der Waals surface area contributed by atoms with Gasteiger partial charge in [-0.2, -0.15) is 4.31 Å². The monoisotopic (exact) mass is 311 g/mol. The fraction of sp³-hybridized carbons (Fsp3) is 0.533. The molecule has 2 rings (SSSR count). The van der Waals surface area contributed by atoms with Gasteiger partial charge in [-0.05, 0) is 37.8 Å². The first-order valence-corrected chi connectivity index (χ1v) is 8.66. The van der Waals surface area contributed by atoms with Gasteiger partial charge in [0.25, 0.3) is 0 Å². The maximum Gasteiger partial charge on any atom is 0.303 e. The van der Waals surface area contributed by atoms with Crippen LogP contribution in [0.4, 0.5) is 0 Å². The van der Waals surface area contributed by atoms with Crippen LogP contribution < -0.4 is 0 Å². The number of hydrogen-bond acceptors (Lipinski definition) is 3. The Morgan fingerprint density at radius 2 is 2.05 bits per heavy atom. The summed E-state index contributed by atoms with van der Waals surface area (Å²) in [6.45, 7) is 2.25. The SMILES string of the molecule is Cc1ccccc1S(=O)(=O)N1CCCCC1CCC(=O)O. The summed E-state index contributed by atoms with van der Waals surface area (Å²) in [6.07, 6.45) is 2.89. The van der Waals surface area contributed by atoms with Gasteiger partial charge in [-0.1, -0.05) is 24.6 Å². The van der Waals surface area contributed by atoms with Crippen molar-refractivity contribution in [2.24, 2.45) is 0 Å². The Hall–Kier alpha value is -1.40. The van der Waals surface area contributed by atoms with E-state index in [4.69, 9.17) is 5.11 Å². The van der Waals surface area contributed by atoms with Crippen LogP contribution in [0.1, 0.15) is 37.7 Å². The van der Waals surface area contributed by atoms with Gasteiger partial charge in [0.1, 0.15) is 0 Å². The van der Waals surface area contributed by atoms with E-state index in [1.54, 1.807) is 25.1 Å². The van der Waals surface area contributed by atoms with Crippen LogP contribution in [0.5, 0.6) is 0 Å². The number of aliphatic carboxylic acids is 1. The number of carboxylic acid groups (broad SMARTS) is 1. The summed E-state index contributed by atoms with van der Waals surface area (Å²) in [5, 5.41) is 8.83. The number of carboxylic acids is 1. The molecule has 6 heteroatoms. The lowest BCUT2D eigenvalue weighted by atomic mass is 10.0. The predicted octanol–water partition coefficient (Wildman–Crippen LogP) is 2.40. The molecular weight excluding hydrogens is 290 g/mol. The van der Waals surface area contributed by atoms with E-state index in [1.165, 1.54) is 4.31 Å². The first-order chi connectivity index (χ1) is 9.93. The molecule has 21 heavy (non-hydrogen) atoms. The molecule has 0 aromatic heterocycles. The number of sulfonamides is 1. The van der Waals surface area contributed by atoms with Crippen molar-refractivity contribution in [1.82, 2.24) is 4.31 Å². The fourth-order valence-corrected chi connectivity index (χ4v) is 4.79. The van der Waals surface area contributed by atoms with Crippen molar-refractivity contribution in [3.8, 4) is 0 Å². The number of carbonyl (C=O) groups is 1. The van der Waals surface area contributed by atoms with Gasteiger partial charge >= 0.3 is 5.97 Å². The molecule has 1 aromatic carbocycles. The highest BCUT2D eigenvalue weighted by atomic mass is 32.2. The molecular formula is C15H21NO4S. The first-order valence-electron chi connectivity index (χ1n) is 7.22. The Morgan fingerprint density at radius 1 is 1.33 bits per heavy atom. The van der Waals surface area contributed by atoms with E-state index < -0.39 is 16.0 Å². The minimum absolute atomic E-state index is 0.00442. The molecule has 1 heterocycles. The molecule has 1 fully saturated rings. The summed E-state index contributed by atoms with van der Waals surface area (Å²) in [5.74, 6) is -0.881. The van der Waals surface area contributed by atoms with E-state index in [9.17, 15) is 13.2 Å². The van der Waals surface area contributed by atoms with Gasteiger partial charge in [-0.15, -0.1) is 0 Å². The maximum atomic E-state index is 12.8. The van der Waals surface area contributed by atoms with Gasteiger partial charge < -0.3 is 5.11 Å². The molecule has 1 N–H and O–H groups in total. The van der Waals surface area contributed by atoms with E-state index in [1.807, 2.05) is 6.07 Å². The van der Waals surface area contributed by atoms with Crippen molar-refractivity contribution in [3.63, 3.8) is 0 Å². The van der Waals surface area contributed by atoms with Crippen LogP contribution in [-0.2, 0) is 14.8 Å². The molecule has 1 aromatic rings. The van der Waals surface area contributed by atoms with Crippen molar-refractivity contribution in [1.29, 1.82) is 0 Å². The molecule has 116 valence electrons. The quantitative estimate of drug-likeness (QED) is 0.906. The normalized spacial score (nSPS) is 20.3. The highest BCUT2D eigenvalue weighted by Gasteiger charge is 2.34. The second-order valence-corrected chi connectivity index (χ2v) is 7.32. The molecule has 1 saturated heterocycles. The number of hydrogen-bond donors (Lipinski definition) is 1. The summed E-state index contributed by atoms with van der Waals surface area (Å²) < 4.78 is 27.2. The minimum Gasteiger partial charge on any atom is -0.481 e. The Balaban J connectivity index is 2.27. The Labute approximate surface area is 125 Å². The highest BCUT2D eigenvalue weighted by Crippen LogP contribution is 2.29. The third-order valence-corrected chi connectivity index (χ3v) is 6.06. The van der Waals surface area contributed by atoms with Crippen LogP contribution in [0, 0.1) is 6.92 Å². The van der Waals surface area contributed by atoms with Crippen LogP contribution in [0.3, 0.4) is 0 Å². The number of aryl methyl sites for hydroxylation is 1. The zero-order valence-corrected chi connectivity index (χ0v) is 13.0. The molecule has 5 nitrogen and oxygen atoms in total. The molecule has 1 atom stereocenters. The van der Waals surface area contributed by atoms with Crippen LogP contribution in [0.25, 0.3) is 0 Å². The highest BCUT2D eigenvalue weighted by molar-refractivity contribution is 7.89. The summed E-state index contributed by atoms with van der Waals surface area (Å²) >= 11 is 0. The van der Waals surface area contributed by atoms with Crippen LogP contribution in [0.2, 0.25) is 0 Å². The Kier molecular flexibility index (Phi) is 5.00. The molecule has 1 unspecified atom stereocenters. The maximum absolute atomic E-state index is 12.8. The summed E-state index contributed by atoms with van der Waals surface area (Å²) in [5.41, 5.74) is 0.722. The molecule has 0 aliphatic carbocycles. The lowest BCUT2D eigenvalue weighted by molar-refractivity contribution is -0.137. The Bertz CT molecular complexity index is 612. The topological polar surface area (TPSA) is 74.7 Å². The zero-order valence-electron chi connectivity index (χ0n) is 12.2. The average Bonchev–Trinajstić information content (AvgIpc) is 2.45. The van der Waals surface area contributed by atoms with Crippen LogP contribution >= 0.6 is 0 Å². The van der Waals surface area contributed by atoms with Gasteiger partial charge in [-0.3, -0.25) is 4.79 Å². The predicted molar refractivity (Wildman–Crippen MR) is 79.6 cm³/mol. The van der Waals surface area contributed by atoms with Crippen molar-refractivity contribution in [3.05, 3.63) is 29.8 Å². The summed E-state index contributed by atoms with van der Waals surface area (Å²) in [6, 6.07) is 6.72. The van der Waals surface area contributed by atoms with Gasteiger partial charge in [0.15, 0.2) is 0 Å². The van der Waals surface area contributed by atoms with Crippen LogP contribution in [0.15, 0.2) is 29.2 Å². The molecule has 0 amide bonds. The average molecular weight is 311 g/mol. The summed E-state index contributed by atoms with van der Waals surface area (Å²) in [7, 11) is -3.55. The van der Waals surface area contributed by atoms with Crippen LogP contribution in [-0.4, -0.2) is 36.4 Å². The van der Waals surface area contributed by atoms with Crippen molar-refractivity contribution in [2.45, 2.75) is 50.0 Å². The smallest absolute Gasteiger partial charge is 0.303 e. The third kappa shape index (κ3) is 3.63. The minimum atomic E-state index is -3.55. The van der Waals surface area contributed by atoms with E-state index >= 15 is 0 Å². The van der Waals surface area contributed by atoms with Gasteiger partial charge in [0.05, 0.1) is 4.90 Å². The fourth-order valence-electron chi connectivity index (χ4n) is 2.84. The third-order valence-electron chi connectivity index (χ3n) is 3.94. The van der Waals surface area contributed by atoms with Crippen molar-refractivity contribution < 1.29 is 18.3 Å². The van der Waals surface area contributed by atoms with Crippen molar-refractivity contribution >= 4 is 16.0 Å². The van der Waals surface area contributed by atoms with E-state index in [2.05, 4.69) is 0 Å². The molecule has 0 spiro atoms. The van der Waals surface area contributed by atoms with Gasteiger partial charge in [0.2, 0.25) is 10.0 Å². The van der Waals surface area contributed by atoms with Gasteiger partial charge in [0, 0.05) is 19.0 Å². The van der Waals surface area contributed by atoms with Gasteiger partial charge in [-0.25, -0.2) is 8.42 Å². The van der Waals surface area contributed by atoms with E-state index in [-0.39, 0.29) is 12.5 Å². The number of piperidine rings is 1. The Morgan fingerprint density at radius 3 is 2.71 bits per heavy atom. The second kappa shape index (κ2) is 6.58. The largest absolute Gasteiger partial charge is 0.481 e. The lowest BCUT2D eigenvalue weighted by Gasteiger charge is -2.34. The number of nitrogens with zero attached hydrogens (tertiary/aromatic N) is 1. The zero-order chi connectivity index (χ0) is 15.5.